The zero-order chi connectivity index (χ0) is 30.8. The minimum atomic E-state index is -0.914. The first-order valence-corrected chi connectivity index (χ1v) is 14.6. The van der Waals surface area contributed by atoms with E-state index in [-0.39, 0.29) is 31.3 Å². The zero-order valence-electron chi connectivity index (χ0n) is 24.2. The Bertz CT molecular complexity index is 1490. The van der Waals surface area contributed by atoms with Crippen LogP contribution in [0.25, 0.3) is 21.8 Å². The molecule has 3 aromatic rings. The van der Waals surface area contributed by atoms with Crippen molar-refractivity contribution in [2.24, 2.45) is 0 Å². The lowest BCUT2D eigenvalue weighted by atomic mass is 10.0. The second-order valence-corrected chi connectivity index (χ2v) is 10.7. The van der Waals surface area contributed by atoms with Crippen LogP contribution in [0.4, 0.5) is 0 Å². The molecule has 0 aliphatic carbocycles. The molecule has 4 bridgehead atoms. The molecule has 3 atom stereocenters. The molecule has 0 saturated carbocycles. The summed E-state index contributed by atoms with van der Waals surface area (Å²) in [5.74, 6) is -1.31. The fourth-order valence-electron chi connectivity index (χ4n) is 5.13. The molecule has 7 N–H and O–H groups in total. The Morgan fingerprint density at radius 1 is 1.05 bits per heavy atom. The van der Waals surface area contributed by atoms with Crippen molar-refractivity contribution in [1.82, 2.24) is 31.1 Å². The third kappa shape index (κ3) is 8.93. The summed E-state index contributed by atoms with van der Waals surface area (Å²) < 4.78 is 0. The van der Waals surface area contributed by atoms with Crippen LogP contribution in [0.3, 0.4) is 0 Å². The van der Waals surface area contributed by atoms with Gasteiger partial charge in [0.15, 0.2) is 0 Å². The molecule has 12 nitrogen and oxygen atoms in total. The topological polar surface area (TPSA) is 169 Å². The number of allylic oxidation sites excluding steroid dienone is 1. The first-order chi connectivity index (χ1) is 20.8. The minimum Gasteiger partial charge on any atom is -0.356 e. The van der Waals surface area contributed by atoms with E-state index in [9.17, 15) is 14.4 Å². The van der Waals surface area contributed by atoms with Gasteiger partial charge in [0.05, 0.1) is 13.2 Å². The van der Waals surface area contributed by atoms with Gasteiger partial charge in [0.2, 0.25) is 23.7 Å². The van der Waals surface area contributed by atoms with Crippen molar-refractivity contribution in [1.29, 1.82) is 5.41 Å². The van der Waals surface area contributed by atoms with Crippen LogP contribution in [0.2, 0.25) is 0 Å². The number of aromatic nitrogens is 1. The molecule has 1 aromatic heterocycles. The number of carbonyl (C=O) groups is 3. The molecular weight excluding hydrogens is 574 g/mol. The predicted octanol–water partition coefficient (Wildman–Crippen LogP) is 2.47. The molecule has 1 aliphatic heterocycles. The summed E-state index contributed by atoms with van der Waals surface area (Å²) in [5.41, 5.74) is 3.98. The Kier molecular flexibility index (Phi) is 11.4. The van der Waals surface area contributed by atoms with Crippen LogP contribution in [0.15, 0.2) is 48.6 Å². The van der Waals surface area contributed by atoms with E-state index in [1.165, 1.54) is 14.0 Å². The average molecular weight is 612 g/mol. The molecule has 0 radical (unpaired) electrons. The van der Waals surface area contributed by atoms with E-state index in [0.29, 0.717) is 25.8 Å². The van der Waals surface area contributed by atoms with Crippen molar-refractivity contribution in [3.05, 3.63) is 59.7 Å². The summed E-state index contributed by atoms with van der Waals surface area (Å²) in [4.78, 5) is 54.8. The van der Waals surface area contributed by atoms with Crippen molar-refractivity contribution in [3.8, 4) is 0 Å². The van der Waals surface area contributed by atoms with E-state index >= 15 is 0 Å². The Hall–Kier alpha value is -4.13. The van der Waals surface area contributed by atoms with Gasteiger partial charge in [0.25, 0.3) is 0 Å². The highest BCUT2D eigenvalue weighted by Crippen LogP contribution is 2.28. The minimum absolute atomic E-state index is 0.0722. The van der Waals surface area contributed by atoms with Crippen LogP contribution >= 0.6 is 11.8 Å². The summed E-state index contributed by atoms with van der Waals surface area (Å²) in [6, 6.07) is 9.99. The predicted molar refractivity (Wildman–Crippen MR) is 165 cm³/mol. The van der Waals surface area contributed by atoms with E-state index in [4.69, 9.17) is 27.0 Å². The normalized spacial score (nSPS) is 20.4. The number of halogens is 1. The Balaban J connectivity index is 1.67. The molecule has 3 amide bonds. The van der Waals surface area contributed by atoms with Crippen LogP contribution in [0.1, 0.15) is 37.3 Å². The van der Waals surface area contributed by atoms with Gasteiger partial charge < -0.3 is 26.3 Å². The van der Waals surface area contributed by atoms with Gasteiger partial charge in [-0.05, 0) is 61.1 Å². The third-order valence-electron chi connectivity index (χ3n) is 7.23. The maximum absolute atomic E-state index is 13.6. The molecule has 0 spiro atoms. The SMILES string of the molecule is COOC[C@@H]1C/C=C/Cc2ccc3[nH]c4ccc(cc4c3c2)CC(NC(C)=O)C(=O)N[C@@H](CCCNC(=N)NCl)C(=O)N1. The lowest BCUT2D eigenvalue weighted by molar-refractivity contribution is -0.275. The maximum Gasteiger partial charge on any atom is 0.243 e. The Morgan fingerprint density at radius 2 is 1.77 bits per heavy atom. The molecule has 1 unspecified atom stereocenters. The molecule has 0 saturated heterocycles. The number of aromatic amines is 1. The molecule has 2 aromatic carbocycles. The van der Waals surface area contributed by atoms with E-state index in [1.54, 1.807) is 0 Å². The van der Waals surface area contributed by atoms with Gasteiger partial charge >= 0.3 is 0 Å². The van der Waals surface area contributed by atoms with Crippen molar-refractivity contribution in [3.63, 3.8) is 0 Å². The summed E-state index contributed by atoms with van der Waals surface area (Å²) in [6.07, 6.45) is 6.16. The van der Waals surface area contributed by atoms with Gasteiger partial charge in [-0.15, -0.1) is 0 Å². The molecule has 1 aliphatic rings. The van der Waals surface area contributed by atoms with Crippen molar-refractivity contribution >= 4 is 57.3 Å². The molecule has 43 heavy (non-hydrogen) atoms. The first-order valence-electron chi connectivity index (χ1n) is 14.2. The monoisotopic (exact) mass is 611 g/mol. The summed E-state index contributed by atoms with van der Waals surface area (Å²) in [7, 11) is 1.40. The number of rotatable bonds is 8. The molecule has 2 heterocycles. The van der Waals surface area contributed by atoms with Crippen LogP contribution in [-0.4, -0.2) is 67.1 Å². The van der Waals surface area contributed by atoms with Crippen LogP contribution in [-0.2, 0) is 37.0 Å². The largest absolute Gasteiger partial charge is 0.356 e. The molecule has 0 fully saturated rings. The second kappa shape index (κ2) is 15.4. The molecule has 13 heteroatoms. The average Bonchev–Trinajstić information content (AvgIpc) is 3.35. The highest BCUT2D eigenvalue weighted by atomic mass is 35.5. The molecular formula is C30H38ClN7O5. The third-order valence-corrected chi connectivity index (χ3v) is 7.42. The van der Waals surface area contributed by atoms with Gasteiger partial charge in [-0.25, -0.2) is 9.78 Å². The molecule has 230 valence electrons. The van der Waals surface area contributed by atoms with E-state index < -0.39 is 29.9 Å². The number of fused-ring (bicyclic) bond motifs is 2. The van der Waals surface area contributed by atoms with E-state index in [2.05, 4.69) is 55.4 Å². The second-order valence-electron chi connectivity index (χ2n) is 10.5. The highest BCUT2D eigenvalue weighted by molar-refractivity contribution is 6.21. The smallest absolute Gasteiger partial charge is 0.243 e. The van der Waals surface area contributed by atoms with Gasteiger partial charge in [0.1, 0.15) is 18.7 Å². The number of H-pyrrole nitrogens is 1. The quantitative estimate of drug-likeness (QED) is 0.0390. The summed E-state index contributed by atoms with van der Waals surface area (Å²) in [6.45, 7) is 1.80. The summed E-state index contributed by atoms with van der Waals surface area (Å²) in [5, 5.41) is 21.0. The number of carbonyl (C=O) groups excluding carboxylic acids is 3. The fourth-order valence-corrected chi connectivity index (χ4v) is 5.20. The highest BCUT2D eigenvalue weighted by Gasteiger charge is 2.28. The summed E-state index contributed by atoms with van der Waals surface area (Å²) >= 11 is 5.44. The van der Waals surface area contributed by atoms with E-state index in [1.807, 2.05) is 24.3 Å². The zero-order valence-corrected chi connectivity index (χ0v) is 25.0. The van der Waals surface area contributed by atoms with Gasteiger partial charge in [0, 0.05) is 53.5 Å². The lowest BCUT2D eigenvalue weighted by Gasteiger charge is -2.25. The number of nitrogens with one attached hydrogen (secondary N) is 7. The Morgan fingerprint density at radius 3 is 2.47 bits per heavy atom. The number of hydrogen-bond acceptors (Lipinski definition) is 6. The maximum atomic E-state index is 13.6. The van der Waals surface area contributed by atoms with Crippen molar-refractivity contribution in [2.45, 2.75) is 57.2 Å². The molecule has 4 rings (SSSR count). The number of benzene rings is 2. The number of hydrogen-bond donors (Lipinski definition) is 7. The Labute approximate surface area is 254 Å². The van der Waals surface area contributed by atoms with Crippen molar-refractivity contribution < 1.29 is 24.2 Å². The lowest BCUT2D eigenvalue weighted by Crippen LogP contribution is -2.55. The standard InChI is InChI=1S/C30H38ClN7O5/c1-18(39)34-27-16-20-10-12-25-23(15-20)22-14-19(9-11-24(22)36-25)6-3-4-7-21(17-43-42-2)35-28(40)26(37-29(27)41)8-5-13-33-30(32)38-31/h3-4,9-12,14-15,21,26-27,36H,5-8,13,16-17H2,1-2H3,(H,34,39)(H,35,40)(H,37,41)(H3,32,33,38)/b4-3+/t21-,26-,27?/m0/s1. The fraction of sp³-hybridized carbons (Fsp3) is 0.400. The van der Waals surface area contributed by atoms with Crippen molar-refractivity contribution in [2.75, 3.05) is 20.3 Å². The van der Waals surface area contributed by atoms with Gasteiger partial charge in [-0.1, -0.05) is 24.3 Å². The first kappa shape index (κ1) is 31.8. The van der Waals surface area contributed by atoms with Gasteiger partial charge in [-0.2, -0.15) is 0 Å². The number of amides is 3. The van der Waals surface area contributed by atoms with Crippen LogP contribution < -0.4 is 26.1 Å². The van der Waals surface area contributed by atoms with Crippen LogP contribution in [0.5, 0.6) is 0 Å². The van der Waals surface area contributed by atoms with E-state index in [0.717, 1.165) is 32.9 Å². The van der Waals surface area contributed by atoms with Gasteiger partial charge in [-0.3, -0.25) is 24.6 Å². The van der Waals surface area contributed by atoms with Crippen LogP contribution in [0, 0.1) is 5.41 Å². The number of guanidine groups is 1.